The Morgan fingerprint density at radius 1 is 1.57 bits per heavy atom. The topological polar surface area (TPSA) is 0 Å². The molecule has 0 heteroatoms. The van der Waals surface area contributed by atoms with Crippen LogP contribution in [0.4, 0.5) is 0 Å². The smallest absolute Gasteiger partial charge is 0.0350 e. The molecule has 7 heavy (non-hydrogen) atoms. The lowest BCUT2D eigenvalue weighted by Gasteiger charge is -1.77. The van der Waals surface area contributed by atoms with E-state index in [0.717, 1.165) is 0 Å². The van der Waals surface area contributed by atoms with Crippen LogP contribution < -0.4 is 0 Å². The molecule has 0 N–H and O–H groups in total. The maximum Gasteiger partial charge on any atom is -0.0350 e. The Kier molecular flexibility index (Phi) is 5.07. The maximum absolute atomic E-state index is 3.55. The van der Waals surface area contributed by atoms with Crippen LogP contribution in [0.3, 0.4) is 0 Å². The third-order valence-corrected chi connectivity index (χ3v) is 0.728. The third-order valence-electron chi connectivity index (χ3n) is 0.728. The Hall–Kier alpha value is -0.520. The molecule has 0 aliphatic carbocycles. The number of hydrogen-bond acceptors (Lipinski definition) is 0. The Bertz CT molecular complexity index is 60.4. The van der Waals surface area contributed by atoms with Crippen LogP contribution in [0, 0.1) is 0 Å². The lowest BCUT2D eigenvalue weighted by atomic mass is 10.3. The molecule has 0 amide bonds. The van der Waals surface area contributed by atoms with Crippen molar-refractivity contribution in [3.05, 3.63) is 24.8 Å². The van der Waals surface area contributed by atoms with Crippen LogP contribution in [-0.4, -0.2) is 0 Å². The molecule has 0 radical (unpaired) electrons. The maximum atomic E-state index is 3.55. The van der Waals surface area contributed by atoms with E-state index in [4.69, 9.17) is 0 Å². The van der Waals surface area contributed by atoms with Gasteiger partial charge in [-0.25, -0.2) is 0 Å². The largest absolute Gasteiger partial charge is 0.0991 e. The van der Waals surface area contributed by atoms with Crippen LogP contribution in [0.25, 0.3) is 0 Å². The molecule has 0 atom stereocenters. The fourth-order valence-corrected chi connectivity index (χ4v) is 0.359. The summed E-state index contributed by atoms with van der Waals surface area (Å²) in [5, 5.41) is 0. The standard InChI is InChI=1S/C7H12/c1-3-5-7-6-4-2/h3,5,7H,1,4,6H2,2H3/b7-5-. The van der Waals surface area contributed by atoms with E-state index in [1.807, 2.05) is 6.08 Å². The summed E-state index contributed by atoms with van der Waals surface area (Å²) < 4.78 is 0. The Balaban J connectivity index is 2.92. The fraction of sp³-hybridized carbons (Fsp3) is 0.429. The SMILES string of the molecule is C=C/C=C\CCC. The van der Waals surface area contributed by atoms with Gasteiger partial charge in [-0.2, -0.15) is 0 Å². The molecule has 0 spiro atoms. The van der Waals surface area contributed by atoms with Gasteiger partial charge >= 0.3 is 0 Å². The normalized spacial score (nSPS) is 9.86. The molecule has 0 bridgehead atoms. The van der Waals surface area contributed by atoms with E-state index in [1.54, 1.807) is 6.08 Å². The second-order valence-electron chi connectivity index (χ2n) is 1.45. The zero-order chi connectivity index (χ0) is 5.54. The van der Waals surface area contributed by atoms with Crippen LogP contribution in [0.5, 0.6) is 0 Å². The first kappa shape index (κ1) is 6.48. The van der Waals surface area contributed by atoms with Gasteiger partial charge in [0.05, 0.1) is 0 Å². The van der Waals surface area contributed by atoms with E-state index in [1.165, 1.54) is 12.8 Å². The Morgan fingerprint density at radius 2 is 2.29 bits per heavy atom. The molecular weight excluding hydrogens is 84.1 g/mol. The molecule has 0 rings (SSSR count). The van der Waals surface area contributed by atoms with Crippen LogP contribution in [0.2, 0.25) is 0 Å². The average Bonchev–Trinajstić information content (AvgIpc) is 1.69. The zero-order valence-corrected chi connectivity index (χ0v) is 4.85. The summed E-state index contributed by atoms with van der Waals surface area (Å²) in [6.45, 7) is 5.71. The highest BCUT2D eigenvalue weighted by molar-refractivity contribution is 4.96. The first-order valence-corrected chi connectivity index (χ1v) is 2.69. The lowest BCUT2D eigenvalue weighted by Crippen LogP contribution is -1.56. The first-order chi connectivity index (χ1) is 3.41. The van der Waals surface area contributed by atoms with Gasteiger partial charge in [-0.05, 0) is 6.42 Å². The van der Waals surface area contributed by atoms with Gasteiger partial charge in [-0.1, -0.05) is 38.2 Å². The molecular formula is C7H12. The summed E-state index contributed by atoms with van der Waals surface area (Å²) in [5.74, 6) is 0. The summed E-state index contributed by atoms with van der Waals surface area (Å²) in [6.07, 6.45) is 8.29. The molecule has 0 aromatic heterocycles. The first-order valence-electron chi connectivity index (χ1n) is 2.69. The van der Waals surface area contributed by atoms with Crippen molar-refractivity contribution in [2.24, 2.45) is 0 Å². The van der Waals surface area contributed by atoms with E-state index in [0.29, 0.717) is 0 Å². The molecule has 0 saturated heterocycles. The zero-order valence-electron chi connectivity index (χ0n) is 4.85. The van der Waals surface area contributed by atoms with Crippen molar-refractivity contribution in [3.8, 4) is 0 Å². The third kappa shape index (κ3) is 5.48. The second-order valence-corrected chi connectivity index (χ2v) is 1.45. The van der Waals surface area contributed by atoms with Gasteiger partial charge in [-0.3, -0.25) is 0 Å². The van der Waals surface area contributed by atoms with Crippen molar-refractivity contribution in [2.45, 2.75) is 19.8 Å². The number of allylic oxidation sites excluding steroid dienone is 3. The predicted molar refractivity (Wildman–Crippen MR) is 34.2 cm³/mol. The molecule has 40 valence electrons. The molecule has 0 aliphatic rings. The van der Waals surface area contributed by atoms with Crippen LogP contribution >= 0.6 is 0 Å². The Labute approximate surface area is 45.5 Å². The van der Waals surface area contributed by atoms with Crippen molar-refractivity contribution in [2.75, 3.05) is 0 Å². The fourth-order valence-electron chi connectivity index (χ4n) is 0.359. The van der Waals surface area contributed by atoms with Crippen molar-refractivity contribution < 1.29 is 0 Å². The van der Waals surface area contributed by atoms with Gasteiger partial charge in [-0.15, -0.1) is 0 Å². The molecule has 0 nitrogen and oxygen atoms in total. The summed E-state index contributed by atoms with van der Waals surface area (Å²) >= 11 is 0. The van der Waals surface area contributed by atoms with Gasteiger partial charge in [0, 0.05) is 0 Å². The minimum Gasteiger partial charge on any atom is -0.0991 e. The van der Waals surface area contributed by atoms with Gasteiger partial charge < -0.3 is 0 Å². The van der Waals surface area contributed by atoms with Crippen molar-refractivity contribution in [1.29, 1.82) is 0 Å². The van der Waals surface area contributed by atoms with E-state index in [2.05, 4.69) is 19.6 Å². The Morgan fingerprint density at radius 3 is 2.71 bits per heavy atom. The molecule has 0 heterocycles. The highest BCUT2D eigenvalue weighted by Gasteiger charge is 1.66. The molecule has 0 unspecified atom stereocenters. The quantitative estimate of drug-likeness (QED) is 0.473. The average molecular weight is 96.2 g/mol. The number of unbranched alkanes of at least 4 members (excludes halogenated alkanes) is 1. The van der Waals surface area contributed by atoms with Gasteiger partial charge in [0.2, 0.25) is 0 Å². The monoisotopic (exact) mass is 96.1 g/mol. The lowest BCUT2D eigenvalue weighted by molar-refractivity contribution is 0.959. The summed E-state index contributed by atoms with van der Waals surface area (Å²) in [4.78, 5) is 0. The van der Waals surface area contributed by atoms with Gasteiger partial charge in [0.1, 0.15) is 0 Å². The van der Waals surface area contributed by atoms with E-state index >= 15 is 0 Å². The molecule has 0 aromatic rings. The summed E-state index contributed by atoms with van der Waals surface area (Å²) in [5.41, 5.74) is 0. The van der Waals surface area contributed by atoms with Gasteiger partial charge in [0.15, 0.2) is 0 Å². The molecule has 0 aliphatic heterocycles. The van der Waals surface area contributed by atoms with Crippen LogP contribution in [0.15, 0.2) is 24.8 Å². The molecule has 0 fully saturated rings. The van der Waals surface area contributed by atoms with Crippen molar-refractivity contribution in [1.82, 2.24) is 0 Å². The van der Waals surface area contributed by atoms with Gasteiger partial charge in [0.25, 0.3) is 0 Å². The predicted octanol–water partition coefficient (Wildman–Crippen LogP) is 2.53. The minimum absolute atomic E-state index is 1.17. The van der Waals surface area contributed by atoms with Crippen molar-refractivity contribution in [3.63, 3.8) is 0 Å². The number of rotatable bonds is 3. The van der Waals surface area contributed by atoms with Crippen LogP contribution in [0.1, 0.15) is 19.8 Å². The van der Waals surface area contributed by atoms with Crippen molar-refractivity contribution >= 4 is 0 Å². The second kappa shape index (κ2) is 5.48. The molecule has 0 saturated carbocycles. The van der Waals surface area contributed by atoms with Crippen LogP contribution in [-0.2, 0) is 0 Å². The molecule has 0 aromatic carbocycles. The number of hydrogen-bond donors (Lipinski definition) is 0. The van der Waals surface area contributed by atoms with E-state index in [9.17, 15) is 0 Å². The summed E-state index contributed by atoms with van der Waals surface area (Å²) in [7, 11) is 0. The highest BCUT2D eigenvalue weighted by Crippen LogP contribution is 1.86. The highest BCUT2D eigenvalue weighted by atomic mass is 13.7. The summed E-state index contributed by atoms with van der Waals surface area (Å²) in [6, 6.07) is 0. The minimum atomic E-state index is 1.17. The van der Waals surface area contributed by atoms with E-state index < -0.39 is 0 Å². The van der Waals surface area contributed by atoms with E-state index in [-0.39, 0.29) is 0 Å².